The second kappa shape index (κ2) is 6.59. The molecule has 0 saturated carbocycles. The number of carbonyl (C=O) groups excluding carboxylic acids is 1. The SMILES string of the molecule is CCC(C)(C)C.CNC=O. The van der Waals surface area contributed by atoms with Crippen LogP contribution >= 0.6 is 0 Å². The molecule has 0 atom stereocenters. The molecule has 0 spiro atoms. The molecule has 1 amide bonds. The Morgan fingerprint density at radius 1 is 1.40 bits per heavy atom. The van der Waals surface area contributed by atoms with Crippen LogP contribution in [-0.2, 0) is 4.79 Å². The van der Waals surface area contributed by atoms with E-state index in [4.69, 9.17) is 4.79 Å². The van der Waals surface area contributed by atoms with Gasteiger partial charge in [0.05, 0.1) is 0 Å². The Bertz CT molecular complexity index is 73.8. The molecule has 0 fully saturated rings. The van der Waals surface area contributed by atoms with Gasteiger partial charge in [0.15, 0.2) is 0 Å². The monoisotopic (exact) mass is 145 g/mol. The van der Waals surface area contributed by atoms with Gasteiger partial charge in [-0.15, -0.1) is 0 Å². The van der Waals surface area contributed by atoms with Crippen LogP contribution in [0.3, 0.4) is 0 Å². The van der Waals surface area contributed by atoms with Crippen molar-refractivity contribution in [2.45, 2.75) is 34.1 Å². The number of hydrogen-bond donors (Lipinski definition) is 1. The fraction of sp³-hybridized carbons (Fsp3) is 0.875. The number of rotatable bonds is 1. The molecule has 0 aromatic rings. The molecule has 0 aliphatic rings. The maximum absolute atomic E-state index is 9.06. The average Bonchev–Trinajstić information content (AvgIpc) is 1.87. The van der Waals surface area contributed by atoms with Crippen LogP contribution in [0.25, 0.3) is 0 Å². The van der Waals surface area contributed by atoms with E-state index >= 15 is 0 Å². The van der Waals surface area contributed by atoms with Gasteiger partial charge in [-0.1, -0.05) is 34.1 Å². The molecule has 10 heavy (non-hydrogen) atoms. The summed E-state index contributed by atoms with van der Waals surface area (Å²) >= 11 is 0. The van der Waals surface area contributed by atoms with Gasteiger partial charge < -0.3 is 5.32 Å². The number of amides is 1. The summed E-state index contributed by atoms with van der Waals surface area (Å²) in [5.74, 6) is 0. The van der Waals surface area contributed by atoms with Crippen molar-refractivity contribution >= 4 is 6.41 Å². The summed E-state index contributed by atoms with van der Waals surface area (Å²) in [6.45, 7) is 8.94. The lowest BCUT2D eigenvalue weighted by atomic mass is 9.94. The third-order valence-electron chi connectivity index (χ3n) is 1.18. The molecular weight excluding hydrogens is 126 g/mol. The zero-order chi connectivity index (χ0) is 8.62. The second-order valence-electron chi connectivity index (χ2n) is 3.32. The van der Waals surface area contributed by atoms with E-state index < -0.39 is 0 Å². The highest BCUT2D eigenvalue weighted by molar-refractivity contribution is 5.44. The second-order valence-corrected chi connectivity index (χ2v) is 3.32. The Labute approximate surface area is 64.0 Å². The lowest BCUT2D eigenvalue weighted by molar-refractivity contribution is -0.109. The molecule has 0 rings (SSSR count). The van der Waals surface area contributed by atoms with E-state index in [0.29, 0.717) is 11.8 Å². The van der Waals surface area contributed by atoms with Crippen LogP contribution in [0.4, 0.5) is 0 Å². The van der Waals surface area contributed by atoms with E-state index in [1.54, 1.807) is 7.05 Å². The molecule has 0 radical (unpaired) electrons. The zero-order valence-electron chi connectivity index (χ0n) is 7.69. The Morgan fingerprint density at radius 2 is 1.60 bits per heavy atom. The molecular formula is C8H19NO. The standard InChI is InChI=1S/C6H14.C2H5NO/c1-5-6(2,3)4;1-3-2-4/h5H2,1-4H3;2H,1H3,(H,3,4). The Hall–Kier alpha value is -0.530. The largest absolute Gasteiger partial charge is 0.362 e. The molecule has 2 heteroatoms. The highest BCUT2D eigenvalue weighted by Crippen LogP contribution is 2.16. The van der Waals surface area contributed by atoms with Crippen LogP contribution in [0.5, 0.6) is 0 Å². The highest BCUT2D eigenvalue weighted by Gasteiger charge is 2.03. The van der Waals surface area contributed by atoms with Crippen LogP contribution < -0.4 is 5.32 Å². The maximum Gasteiger partial charge on any atom is 0.206 e. The van der Waals surface area contributed by atoms with Gasteiger partial charge in [-0.25, -0.2) is 0 Å². The van der Waals surface area contributed by atoms with Gasteiger partial charge in [0.25, 0.3) is 0 Å². The van der Waals surface area contributed by atoms with Crippen LogP contribution in [-0.4, -0.2) is 13.5 Å². The number of hydrogen-bond acceptors (Lipinski definition) is 1. The Kier molecular flexibility index (Phi) is 8.02. The fourth-order valence-corrected chi connectivity index (χ4v) is 0. The van der Waals surface area contributed by atoms with E-state index in [-0.39, 0.29) is 0 Å². The van der Waals surface area contributed by atoms with E-state index in [0.717, 1.165) is 0 Å². The molecule has 0 unspecified atom stereocenters. The maximum atomic E-state index is 9.06. The van der Waals surface area contributed by atoms with Crippen molar-refractivity contribution in [2.75, 3.05) is 7.05 Å². The first-order chi connectivity index (χ1) is 4.47. The quantitative estimate of drug-likeness (QED) is 0.560. The normalized spacial score (nSPS) is 9.30. The summed E-state index contributed by atoms with van der Waals surface area (Å²) in [4.78, 5) is 9.06. The van der Waals surface area contributed by atoms with E-state index in [2.05, 4.69) is 33.0 Å². The molecule has 1 N–H and O–H groups in total. The van der Waals surface area contributed by atoms with E-state index in [1.807, 2.05) is 0 Å². The van der Waals surface area contributed by atoms with Gasteiger partial charge in [0, 0.05) is 7.05 Å². The summed E-state index contributed by atoms with van der Waals surface area (Å²) in [5, 5.41) is 2.25. The summed E-state index contributed by atoms with van der Waals surface area (Å²) in [6, 6.07) is 0. The molecule has 0 aliphatic heterocycles. The van der Waals surface area contributed by atoms with Gasteiger partial charge in [-0.3, -0.25) is 4.79 Å². The van der Waals surface area contributed by atoms with Crippen molar-refractivity contribution in [3.8, 4) is 0 Å². The van der Waals surface area contributed by atoms with Gasteiger partial charge >= 0.3 is 0 Å². The smallest absolute Gasteiger partial charge is 0.206 e. The van der Waals surface area contributed by atoms with Crippen LogP contribution in [0, 0.1) is 5.41 Å². The minimum Gasteiger partial charge on any atom is -0.362 e. The first kappa shape index (κ1) is 12.2. The van der Waals surface area contributed by atoms with Crippen molar-refractivity contribution in [3.05, 3.63) is 0 Å². The first-order valence-corrected chi connectivity index (χ1v) is 3.59. The minimum absolute atomic E-state index is 0.542. The number of nitrogens with one attached hydrogen (secondary N) is 1. The summed E-state index contributed by atoms with van der Waals surface area (Å²) in [5.41, 5.74) is 0.542. The number of carbonyl (C=O) groups is 1. The molecule has 0 bridgehead atoms. The van der Waals surface area contributed by atoms with E-state index in [1.165, 1.54) is 6.42 Å². The molecule has 0 saturated heterocycles. The fourth-order valence-electron chi connectivity index (χ4n) is 0. The lowest BCUT2D eigenvalue weighted by Crippen LogP contribution is -2.00. The van der Waals surface area contributed by atoms with Crippen LogP contribution in [0.2, 0.25) is 0 Å². The van der Waals surface area contributed by atoms with E-state index in [9.17, 15) is 0 Å². The van der Waals surface area contributed by atoms with Gasteiger partial charge in [-0.2, -0.15) is 0 Å². The van der Waals surface area contributed by atoms with Crippen molar-refractivity contribution < 1.29 is 4.79 Å². The molecule has 0 aromatic carbocycles. The van der Waals surface area contributed by atoms with Gasteiger partial charge in [-0.05, 0) is 5.41 Å². The third-order valence-corrected chi connectivity index (χ3v) is 1.18. The topological polar surface area (TPSA) is 29.1 Å². The molecule has 2 nitrogen and oxygen atoms in total. The summed E-state index contributed by atoms with van der Waals surface area (Å²) in [6.07, 6.45) is 1.90. The molecule has 0 aliphatic carbocycles. The Balaban J connectivity index is 0. The van der Waals surface area contributed by atoms with Crippen LogP contribution in [0.15, 0.2) is 0 Å². The zero-order valence-corrected chi connectivity index (χ0v) is 7.69. The molecule has 62 valence electrons. The van der Waals surface area contributed by atoms with Crippen molar-refractivity contribution in [1.29, 1.82) is 0 Å². The van der Waals surface area contributed by atoms with Gasteiger partial charge in [0.2, 0.25) is 6.41 Å². The predicted molar refractivity (Wildman–Crippen MR) is 44.9 cm³/mol. The molecule has 0 aromatic heterocycles. The van der Waals surface area contributed by atoms with Crippen molar-refractivity contribution in [3.63, 3.8) is 0 Å². The molecule has 0 heterocycles. The minimum atomic E-state index is 0.542. The lowest BCUT2D eigenvalue weighted by Gasteiger charge is -2.12. The predicted octanol–water partition coefficient (Wildman–Crippen LogP) is 1.80. The highest BCUT2D eigenvalue weighted by atomic mass is 16.1. The first-order valence-electron chi connectivity index (χ1n) is 3.59. The van der Waals surface area contributed by atoms with Crippen molar-refractivity contribution in [2.24, 2.45) is 5.41 Å². The van der Waals surface area contributed by atoms with Gasteiger partial charge in [0.1, 0.15) is 0 Å². The van der Waals surface area contributed by atoms with Crippen molar-refractivity contribution in [1.82, 2.24) is 5.32 Å². The average molecular weight is 145 g/mol. The third kappa shape index (κ3) is 26.0. The summed E-state index contributed by atoms with van der Waals surface area (Å²) < 4.78 is 0. The van der Waals surface area contributed by atoms with Crippen LogP contribution in [0.1, 0.15) is 34.1 Å². The summed E-state index contributed by atoms with van der Waals surface area (Å²) in [7, 11) is 1.56. The Morgan fingerprint density at radius 3 is 1.60 bits per heavy atom.